The minimum absolute atomic E-state index is 0.139. The lowest BCUT2D eigenvalue weighted by Crippen LogP contribution is -2.26. The summed E-state index contributed by atoms with van der Waals surface area (Å²) in [5.74, 6) is 0. The molecule has 0 fully saturated rings. The molecule has 0 aromatic carbocycles. The van der Waals surface area contributed by atoms with Crippen LogP contribution in [0.5, 0.6) is 0 Å². The summed E-state index contributed by atoms with van der Waals surface area (Å²) in [6.07, 6.45) is -5.53. The smallest absolute Gasteiger partial charge is 0.315 e. The van der Waals surface area contributed by atoms with Crippen LogP contribution >= 0.6 is 11.3 Å². The zero-order valence-electron chi connectivity index (χ0n) is 11.2. The van der Waals surface area contributed by atoms with E-state index in [1.807, 2.05) is 0 Å². The number of sulfonamides is 1. The van der Waals surface area contributed by atoms with Gasteiger partial charge in [0.15, 0.2) is 0 Å². The fraction of sp³-hybridized carbons (Fsp3) is 0.636. The maximum atomic E-state index is 12.0. The molecule has 0 atom stereocenters. The first-order valence-electron chi connectivity index (χ1n) is 5.96. The minimum Gasteiger partial charge on any atom is -0.315 e. The molecule has 0 unspecified atom stereocenters. The second kappa shape index (κ2) is 6.88. The maximum absolute atomic E-state index is 12.0. The summed E-state index contributed by atoms with van der Waals surface area (Å²) in [7, 11) is -1.99. The third-order valence-electron chi connectivity index (χ3n) is 2.49. The van der Waals surface area contributed by atoms with E-state index in [1.165, 1.54) is 11.3 Å². The molecule has 0 aliphatic rings. The Morgan fingerprint density at radius 2 is 2.00 bits per heavy atom. The quantitative estimate of drug-likeness (QED) is 0.755. The van der Waals surface area contributed by atoms with E-state index in [2.05, 4.69) is 10.0 Å². The summed E-state index contributed by atoms with van der Waals surface area (Å²) in [6.45, 7) is 2.00. The van der Waals surface area contributed by atoms with Crippen molar-refractivity contribution in [1.82, 2.24) is 10.0 Å². The molecule has 0 aliphatic carbocycles. The first-order valence-corrected chi connectivity index (χ1v) is 8.26. The van der Waals surface area contributed by atoms with Crippen molar-refractivity contribution in [2.75, 3.05) is 13.6 Å². The number of aryl methyl sites for hydroxylation is 1. The average Bonchev–Trinajstić information content (AvgIpc) is 2.66. The Kier molecular flexibility index (Phi) is 5.99. The standard InChI is InChI=1S/C11H17F3N2O2S2/c1-8-10(6-9(19-8)7-15-2)20(17,18)16-5-3-4-11(12,13)14/h6,15-16H,3-5,7H2,1-2H3. The van der Waals surface area contributed by atoms with E-state index in [1.54, 1.807) is 20.0 Å². The van der Waals surface area contributed by atoms with Crippen molar-refractivity contribution < 1.29 is 21.6 Å². The van der Waals surface area contributed by atoms with E-state index in [0.717, 1.165) is 4.88 Å². The highest BCUT2D eigenvalue weighted by molar-refractivity contribution is 7.89. The van der Waals surface area contributed by atoms with E-state index in [4.69, 9.17) is 0 Å². The summed E-state index contributed by atoms with van der Waals surface area (Å²) in [5, 5.41) is 2.92. The molecule has 0 bridgehead atoms. The molecule has 9 heteroatoms. The molecule has 20 heavy (non-hydrogen) atoms. The van der Waals surface area contributed by atoms with Gasteiger partial charge in [0.25, 0.3) is 0 Å². The Hall–Kier alpha value is -0.640. The van der Waals surface area contributed by atoms with Crippen molar-refractivity contribution >= 4 is 21.4 Å². The highest BCUT2D eigenvalue weighted by atomic mass is 32.2. The number of nitrogens with one attached hydrogen (secondary N) is 2. The van der Waals surface area contributed by atoms with E-state index in [-0.39, 0.29) is 17.9 Å². The van der Waals surface area contributed by atoms with Crippen molar-refractivity contribution in [3.05, 3.63) is 15.8 Å². The summed E-state index contributed by atoms with van der Waals surface area (Å²) in [4.78, 5) is 1.62. The second-order valence-electron chi connectivity index (χ2n) is 4.28. The molecule has 0 saturated heterocycles. The molecule has 1 rings (SSSR count). The second-order valence-corrected chi connectivity index (χ2v) is 7.36. The Morgan fingerprint density at radius 3 is 2.55 bits per heavy atom. The van der Waals surface area contributed by atoms with Gasteiger partial charge in [0.1, 0.15) is 0 Å². The van der Waals surface area contributed by atoms with Crippen molar-refractivity contribution in [1.29, 1.82) is 0 Å². The van der Waals surface area contributed by atoms with Crippen molar-refractivity contribution in [3.8, 4) is 0 Å². The van der Waals surface area contributed by atoms with Crippen LogP contribution in [0.3, 0.4) is 0 Å². The summed E-state index contributed by atoms with van der Waals surface area (Å²) < 4.78 is 62.1. The number of halogens is 3. The summed E-state index contributed by atoms with van der Waals surface area (Å²) in [6, 6.07) is 1.54. The summed E-state index contributed by atoms with van der Waals surface area (Å²) >= 11 is 1.35. The van der Waals surface area contributed by atoms with Gasteiger partial charge in [-0.25, -0.2) is 13.1 Å². The third-order valence-corrected chi connectivity index (χ3v) is 5.26. The molecule has 1 aromatic rings. The van der Waals surface area contributed by atoms with Crippen molar-refractivity contribution in [3.63, 3.8) is 0 Å². The van der Waals surface area contributed by atoms with E-state index < -0.39 is 22.6 Å². The van der Waals surface area contributed by atoms with Crippen LogP contribution in [0.2, 0.25) is 0 Å². The fourth-order valence-electron chi connectivity index (χ4n) is 1.63. The molecule has 0 amide bonds. The molecule has 4 nitrogen and oxygen atoms in total. The molecule has 0 radical (unpaired) electrons. The van der Waals surface area contributed by atoms with Gasteiger partial charge in [-0.05, 0) is 26.5 Å². The van der Waals surface area contributed by atoms with E-state index in [0.29, 0.717) is 11.4 Å². The zero-order chi connectivity index (χ0) is 15.4. The van der Waals surface area contributed by atoms with Crippen molar-refractivity contribution in [2.24, 2.45) is 0 Å². The molecule has 116 valence electrons. The number of hydrogen-bond donors (Lipinski definition) is 2. The van der Waals surface area contributed by atoms with Gasteiger partial charge in [-0.1, -0.05) is 0 Å². The van der Waals surface area contributed by atoms with Crippen LogP contribution in [0.15, 0.2) is 11.0 Å². The highest BCUT2D eigenvalue weighted by Crippen LogP contribution is 2.26. The van der Waals surface area contributed by atoms with Crippen LogP contribution in [-0.4, -0.2) is 28.2 Å². The zero-order valence-corrected chi connectivity index (χ0v) is 12.8. The van der Waals surface area contributed by atoms with Crippen LogP contribution in [0.25, 0.3) is 0 Å². The fourth-order valence-corrected chi connectivity index (χ4v) is 4.34. The largest absolute Gasteiger partial charge is 0.389 e. The van der Waals surface area contributed by atoms with Crippen LogP contribution in [0.1, 0.15) is 22.6 Å². The predicted octanol–water partition coefficient (Wildman–Crippen LogP) is 2.40. The lowest BCUT2D eigenvalue weighted by atomic mass is 10.3. The molecule has 0 saturated carbocycles. The lowest BCUT2D eigenvalue weighted by molar-refractivity contribution is -0.135. The van der Waals surface area contributed by atoms with Crippen LogP contribution in [-0.2, 0) is 16.6 Å². The van der Waals surface area contributed by atoms with Gasteiger partial charge in [-0.3, -0.25) is 0 Å². The highest BCUT2D eigenvalue weighted by Gasteiger charge is 2.26. The molecule has 1 heterocycles. The van der Waals surface area contributed by atoms with Gasteiger partial charge in [0.2, 0.25) is 10.0 Å². The Labute approximate surface area is 120 Å². The molecule has 2 N–H and O–H groups in total. The van der Waals surface area contributed by atoms with Crippen molar-refractivity contribution in [2.45, 2.75) is 37.4 Å². The third kappa shape index (κ3) is 5.39. The number of thiophene rings is 1. The van der Waals surface area contributed by atoms with Crippen LogP contribution < -0.4 is 10.0 Å². The predicted molar refractivity (Wildman–Crippen MR) is 72.3 cm³/mol. The monoisotopic (exact) mass is 330 g/mol. The first-order chi connectivity index (χ1) is 9.15. The van der Waals surface area contributed by atoms with Gasteiger partial charge >= 0.3 is 6.18 Å². The SMILES string of the molecule is CNCc1cc(S(=O)(=O)NCCCC(F)(F)F)c(C)s1. The molecular weight excluding hydrogens is 313 g/mol. The lowest BCUT2D eigenvalue weighted by Gasteiger charge is -2.08. The van der Waals surface area contributed by atoms with E-state index in [9.17, 15) is 21.6 Å². The van der Waals surface area contributed by atoms with E-state index >= 15 is 0 Å². The van der Waals surface area contributed by atoms with Gasteiger partial charge in [0.05, 0.1) is 4.90 Å². The van der Waals surface area contributed by atoms with Gasteiger partial charge in [0, 0.05) is 29.3 Å². The number of hydrogen-bond acceptors (Lipinski definition) is 4. The normalized spacial score (nSPS) is 12.8. The topological polar surface area (TPSA) is 58.2 Å². The molecule has 1 aromatic heterocycles. The van der Waals surface area contributed by atoms with Crippen LogP contribution in [0.4, 0.5) is 13.2 Å². The Morgan fingerprint density at radius 1 is 1.35 bits per heavy atom. The number of rotatable bonds is 7. The van der Waals surface area contributed by atoms with Gasteiger partial charge in [-0.15, -0.1) is 11.3 Å². The maximum Gasteiger partial charge on any atom is 0.389 e. The van der Waals surface area contributed by atoms with Gasteiger partial charge < -0.3 is 5.32 Å². The van der Waals surface area contributed by atoms with Crippen LogP contribution in [0, 0.1) is 6.92 Å². The van der Waals surface area contributed by atoms with Gasteiger partial charge in [-0.2, -0.15) is 13.2 Å². The average molecular weight is 330 g/mol. The Bertz CT molecular complexity index is 538. The minimum atomic E-state index is -4.26. The Balaban J connectivity index is 2.64. The summed E-state index contributed by atoms with van der Waals surface area (Å²) in [5.41, 5.74) is 0. The molecule has 0 spiro atoms. The molecule has 0 aliphatic heterocycles. The molecular formula is C11H17F3N2O2S2. The first kappa shape index (κ1) is 17.4. The number of alkyl halides is 3.